The number of pyridine rings is 1. The molecule has 120 valence electrons. The quantitative estimate of drug-likeness (QED) is 0.865. The Morgan fingerprint density at radius 2 is 1.95 bits per heavy atom. The van der Waals surface area contributed by atoms with E-state index in [1.165, 1.54) is 11.8 Å². The van der Waals surface area contributed by atoms with E-state index in [2.05, 4.69) is 10.3 Å². The molecule has 0 aromatic carbocycles. The molecule has 1 N–H and O–H groups in total. The van der Waals surface area contributed by atoms with E-state index in [1.54, 1.807) is 18.3 Å². The van der Waals surface area contributed by atoms with Crippen LogP contribution in [0.25, 0.3) is 0 Å². The summed E-state index contributed by atoms with van der Waals surface area (Å²) in [6.07, 6.45) is 3.76. The van der Waals surface area contributed by atoms with Gasteiger partial charge in [-0.05, 0) is 45.7 Å². The fourth-order valence-corrected chi connectivity index (χ4v) is 2.93. The maximum absolute atomic E-state index is 12.2. The van der Waals surface area contributed by atoms with Crippen molar-refractivity contribution in [3.63, 3.8) is 0 Å². The van der Waals surface area contributed by atoms with E-state index >= 15 is 0 Å². The van der Waals surface area contributed by atoms with Crippen molar-refractivity contribution >= 4 is 23.6 Å². The predicted molar refractivity (Wildman–Crippen MR) is 88.0 cm³/mol. The van der Waals surface area contributed by atoms with Crippen LogP contribution in [0.3, 0.4) is 0 Å². The monoisotopic (exact) mass is 321 g/mol. The summed E-state index contributed by atoms with van der Waals surface area (Å²) in [7, 11) is 0. The van der Waals surface area contributed by atoms with Gasteiger partial charge in [0, 0.05) is 24.8 Å². The lowest BCUT2D eigenvalue weighted by atomic mass is 10.1. The summed E-state index contributed by atoms with van der Waals surface area (Å²) < 4.78 is 0. The highest BCUT2D eigenvalue weighted by molar-refractivity contribution is 7.99. The van der Waals surface area contributed by atoms with Crippen LogP contribution in [0.15, 0.2) is 23.4 Å². The first kappa shape index (κ1) is 16.8. The summed E-state index contributed by atoms with van der Waals surface area (Å²) in [5, 5.41) is 3.66. The second kappa shape index (κ2) is 7.13. The second-order valence-electron chi connectivity index (χ2n) is 6.47. The van der Waals surface area contributed by atoms with Gasteiger partial charge in [-0.2, -0.15) is 0 Å². The number of nitrogens with one attached hydrogen (secondary N) is 1. The molecule has 0 spiro atoms. The first-order chi connectivity index (χ1) is 10.3. The van der Waals surface area contributed by atoms with Crippen molar-refractivity contribution in [2.75, 3.05) is 18.8 Å². The van der Waals surface area contributed by atoms with Gasteiger partial charge in [0.2, 0.25) is 5.91 Å². The zero-order chi connectivity index (χ0) is 16.2. The minimum absolute atomic E-state index is 0.0171. The Balaban J connectivity index is 1.86. The number of carbonyl (C=O) groups excluding carboxylic acids is 2. The molecular formula is C16H23N3O2S. The van der Waals surface area contributed by atoms with Crippen molar-refractivity contribution in [3.8, 4) is 0 Å². The molecule has 5 nitrogen and oxygen atoms in total. The summed E-state index contributed by atoms with van der Waals surface area (Å²) in [6.45, 7) is 7.52. The zero-order valence-corrected chi connectivity index (χ0v) is 14.2. The maximum atomic E-state index is 12.2. The SMILES string of the molecule is CC(C)(C)NC(=O)CSc1ccc(C(=O)N2CCCC2)cn1. The van der Waals surface area contributed by atoms with E-state index in [4.69, 9.17) is 0 Å². The van der Waals surface area contributed by atoms with E-state index in [0.717, 1.165) is 31.0 Å². The molecule has 0 saturated carbocycles. The van der Waals surface area contributed by atoms with Gasteiger partial charge < -0.3 is 10.2 Å². The minimum atomic E-state index is -0.225. The molecule has 2 heterocycles. The second-order valence-corrected chi connectivity index (χ2v) is 7.47. The van der Waals surface area contributed by atoms with Crippen LogP contribution in [0.2, 0.25) is 0 Å². The van der Waals surface area contributed by atoms with Crippen LogP contribution in [0.1, 0.15) is 44.0 Å². The third-order valence-electron chi connectivity index (χ3n) is 3.24. The average Bonchev–Trinajstić information content (AvgIpc) is 2.97. The largest absolute Gasteiger partial charge is 0.351 e. The molecule has 1 saturated heterocycles. The average molecular weight is 321 g/mol. The lowest BCUT2D eigenvalue weighted by Crippen LogP contribution is -2.41. The predicted octanol–water partition coefficient (Wildman–Crippen LogP) is 2.32. The molecule has 0 radical (unpaired) electrons. The van der Waals surface area contributed by atoms with Crippen molar-refractivity contribution in [1.82, 2.24) is 15.2 Å². The highest BCUT2D eigenvalue weighted by atomic mass is 32.2. The van der Waals surface area contributed by atoms with Crippen LogP contribution in [0, 0.1) is 0 Å². The van der Waals surface area contributed by atoms with Crippen molar-refractivity contribution in [3.05, 3.63) is 23.9 Å². The summed E-state index contributed by atoms with van der Waals surface area (Å²) in [6, 6.07) is 3.59. The van der Waals surface area contributed by atoms with E-state index in [0.29, 0.717) is 11.3 Å². The molecule has 2 rings (SSSR count). The standard InChI is InChI=1S/C16H23N3O2S/c1-16(2,3)18-13(20)11-22-14-7-6-12(10-17-14)15(21)19-8-4-5-9-19/h6-7,10H,4-5,8-9,11H2,1-3H3,(H,18,20). The van der Waals surface area contributed by atoms with Gasteiger partial charge >= 0.3 is 0 Å². The van der Waals surface area contributed by atoms with Gasteiger partial charge in [0.25, 0.3) is 5.91 Å². The van der Waals surface area contributed by atoms with Gasteiger partial charge in [0.15, 0.2) is 0 Å². The molecule has 1 aliphatic heterocycles. The van der Waals surface area contributed by atoms with Crippen LogP contribution in [-0.4, -0.2) is 46.1 Å². The molecule has 0 bridgehead atoms. The van der Waals surface area contributed by atoms with E-state index in [9.17, 15) is 9.59 Å². The number of aromatic nitrogens is 1. The van der Waals surface area contributed by atoms with Gasteiger partial charge in [0.1, 0.15) is 0 Å². The molecule has 2 amide bonds. The van der Waals surface area contributed by atoms with Crippen LogP contribution < -0.4 is 5.32 Å². The number of rotatable bonds is 4. The molecule has 0 atom stereocenters. The summed E-state index contributed by atoms with van der Waals surface area (Å²) in [5.74, 6) is 0.354. The lowest BCUT2D eigenvalue weighted by Gasteiger charge is -2.20. The third-order valence-corrected chi connectivity index (χ3v) is 4.19. The molecule has 1 fully saturated rings. The summed E-state index contributed by atoms with van der Waals surface area (Å²) >= 11 is 1.37. The summed E-state index contributed by atoms with van der Waals surface area (Å²) in [5.41, 5.74) is 0.391. The van der Waals surface area contributed by atoms with E-state index in [-0.39, 0.29) is 17.4 Å². The van der Waals surface area contributed by atoms with Gasteiger partial charge in [-0.3, -0.25) is 9.59 Å². The zero-order valence-electron chi connectivity index (χ0n) is 13.4. The van der Waals surface area contributed by atoms with Crippen LogP contribution in [0.4, 0.5) is 0 Å². The van der Waals surface area contributed by atoms with Gasteiger partial charge in [0.05, 0.1) is 16.3 Å². The Kier molecular flexibility index (Phi) is 5.45. The fourth-order valence-electron chi connectivity index (χ4n) is 2.29. The highest BCUT2D eigenvalue weighted by Crippen LogP contribution is 2.17. The van der Waals surface area contributed by atoms with Crippen LogP contribution >= 0.6 is 11.8 Å². The maximum Gasteiger partial charge on any atom is 0.255 e. The Labute approximate surface area is 135 Å². The number of thioether (sulfide) groups is 1. The number of hydrogen-bond donors (Lipinski definition) is 1. The van der Waals surface area contributed by atoms with Crippen LogP contribution in [0.5, 0.6) is 0 Å². The number of hydrogen-bond acceptors (Lipinski definition) is 4. The van der Waals surface area contributed by atoms with Crippen LogP contribution in [-0.2, 0) is 4.79 Å². The highest BCUT2D eigenvalue weighted by Gasteiger charge is 2.19. The first-order valence-electron chi connectivity index (χ1n) is 7.54. The number of amides is 2. The third kappa shape index (κ3) is 5.02. The normalized spacial score (nSPS) is 15.0. The lowest BCUT2D eigenvalue weighted by molar-refractivity contribution is -0.119. The Morgan fingerprint density at radius 1 is 1.27 bits per heavy atom. The molecule has 6 heteroatoms. The van der Waals surface area contributed by atoms with E-state index < -0.39 is 0 Å². The Morgan fingerprint density at radius 3 is 2.50 bits per heavy atom. The molecular weight excluding hydrogens is 298 g/mol. The Hall–Kier alpha value is -1.56. The van der Waals surface area contributed by atoms with Gasteiger partial charge in [-0.15, -0.1) is 0 Å². The summed E-state index contributed by atoms with van der Waals surface area (Å²) in [4.78, 5) is 30.1. The van der Waals surface area contributed by atoms with Crippen molar-refractivity contribution in [2.45, 2.75) is 44.2 Å². The molecule has 0 aliphatic carbocycles. The van der Waals surface area contributed by atoms with Crippen molar-refractivity contribution in [1.29, 1.82) is 0 Å². The van der Waals surface area contributed by atoms with E-state index in [1.807, 2.05) is 25.7 Å². The van der Waals surface area contributed by atoms with Gasteiger partial charge in [-0.25, -0.2) is 4.98 Å². The number of nitrogens with zero attached hydrogens (tertiary/aromatic N) is 2. The molecule has 22 heavy (non-hydrogen) atoms. The topological polar surface area (TPSA) is 62.3 Å². The Bertz CT molecular complexity index is 531. The van der Waals surface area contributed by atoms with Crippen molar-refractivity contribution in [2.24, 2.45) is 0 Å². The first-order valence-corrected chi connectivity index (χ1v) is 8.53. The minimum Gasteiger partial charge on any atom is -0.351 e. The van der Waals surface area contributed by atoms with Gasteiger partial charge in [-0.1, -0.05) is 11.8 Å². The molecule has 0 unspecified atom stereocenters. The smallest absolute Gasteiger partial charge is 0.255 e. The molecule has 1 aliphatic rings. The number of carbonyl (C=O) groups is 2. The molecule has 1 aromatic rings. The molecule has 1 aromatic heterocycles. The fraction of sp³-hybridized carbons (Fsp3) is 0.562. The van der Waals surface area contributed by atoms with Crippen molar-refractivity contribution < 1.29 is 9.59 Å². The number of likely N-dealkylation sites (tertiary alicyclic amines) is 1.